The van der Waals surface area contributed by atoms with Gasteiger partial charge < -0.3 is 24.8 Å². The van der Waals surface area contributed by atoms with Crippen molar-refractivity contribution in [3.8, 4) is 0 Å². The van der Waals surface area contributed by atoms with Crippen LogP contribution in [-0.2, 0) is 46.7 Å². The molecular formula is C84H92Cl6Si2Zr2-2. The van der Waals surface area contributed by atoms with Gasteiger partial charge in [-0.2, -0.15) is 22.3 Å². The molecule has 0 unspecified atom stereocenters. The summed E-state index contributed by atoms with van der Waals surface area (Å²) >= 11 is 26.7. The molecule has 0 amide bonds. The van der Waals surface area contributed by atoms with Crippen LogP contribution in [0.1, 0.15) is 168 Å². The number of aryl methyl sites for hydroxylation is 12. The molecule has 0 fully saturated rings. The van der Waals surface area contributed by atoms with Gasteiger partial charge in [0.05, 0.1) is 0 Å². The topological polar surface area (TPSA) is 0 Å². The van der Waals surface area contributed by atoms with Crippen LogP contribution in [0.25, 0.3) is 43.1 Å². The van der Waals surface area contributed by atoms with Gasteiger partial charge in [0.25, 0.3) is 0 Å². The molecular weight excluding hydrogens is 1460 g/mol. The Bertz CT molecular complexity index is 3950. The van der Waals surface area contributed by atoms with E-state index in [1.807, 2.05) is 48.5 Å². The number of fused-ring (bicyclic) bond motifs is 4. The summed E-state index contributed by atoms with van der Waals surface area (Å²) in [6.45, 7) is 44.7. The molecule has 12 aromatic rings. The summed E-state index contributed by atoms with van der Waals surface area (Å²) in [6, 6.07) is 60.1. The molecule has 0 spiro atoms. The smallest absolute Gasteiger partial charge is 1.00 e. The van der Waals surface area contributed by atoms with E-state index in [4.69, 9.17) is 46.4 Å². The van der Waals surface area contributed by atoms with Crippen LogP contribution in [0.5, 0.6) is 0 Å². The predicted octanol–water partition coefficient (Wildman–Crippen LogP) is 17.7. The number of halogens is 6. The Morgan fingerprint density at radius 2 is 0.426 bits per heavy atom. The van der Waals surface area contributed by atoms with Gasteiger partial charge in [-0.1, -0.05) is 185 Å². The van der Waals surface area contributed by atoms with Crippen molar-refractivity contribution in [2.24, 2.45) is 0 Å². The normalized spacial score (nSPS) is 10.9. The molecule has 0 saturated carbocycles. The van der Waals surface area contributed by atoms with Crippen LogP contribution in [0, 0.1) is 83.1 Å². The Morgan fingerprint density at radius 1 is 0.266 bits per heavy atom. The molecule has 0 atom stereocenters. The quantitative estimate of drug-likeness (QED) is 0.105. The van der Waals surface area contributed by atoms with Crippen LogP contribution in [0.3, 0.4) is 0 Å². The molecule has 0 saturated heterocycles. The first-order chi connectivity index (χ1) is 43.4. The van der Waals surface area contributed by atoms with Gasteiger partial charge in [0.2, 0.25) is 0 Å². The van der Waals surface area contributed by atoms with E-state index in [-0.39, 0.29) is 24.8 Å². The molecule has 0 aliphatic heterocycles. The molecule has 0 heterocycles. The van der Waals surface area contributed by atoms with Crippen molar-refractivity contribution >= 4 is 121 Å². The van der Waals surface area contributed by atoms with Gasteiger partial charge in [0, 0.05) is 0 Å². The minimum absolute atomic E-state index is 0. The summed E-state index contributed by atoms with van der Waals surface area (Å²) in [5.41, 5.74) is 21.8. The first-order valence-corrected chi connectivity index (χ1v) is 44.2. The summed E-state index contributed by atoms with van der Waals surface area (Å²) in [5, 5.41) is 20.5. The van der Waals surface area contributed by atoms with E-state index in [0.29, 0.717) is 23.7 Å². The van der Waals surface area contributed by atoms with E-state index in [2.05, 4.69) is 260 Å². The van der Waals surface area contributed by atoms with Crippen LogP contribution in [0.15, 0.2) is 170 Å². The van der Waals surface area contributed by atoms with Crippen molar-refractivity contribution in [3.63, 3.8) is 0 Å². The molecule has 0 radical (unpaired) electrons. The maximum atomic E-state index is 5.88. The summed E-state index contributed by atoms with van der Waals surface area (Å²) in [7, 11) is 0. The summed E-state index contributed by atoms with van der Waals surface area (Å²) < 4.78 is 0. The van der Waals surface area contributed by atoms with E-state index in [1.54, 1.807) is 46.7 Å². The molecule has 10 heteroatoms. The molecule has 12 rings (SSSR count). The monoisotopic (exact) mass is 1550 g/mol. The van der Waals surface area contributed by atoms with Gasteiger partial charge in [-0.15, -0.1) is 136 Å². The van der Waals surface area contributed by atoms with E-state index in [0.717, 1.165) is 20.1 Å². The Labute approximate surface area is 627 Å². The molecule has 0 bridgehead atoms. The van der Waals surface area contributed by atoms with Gasteiger partial charge in [-0.05, 0) is 23.7 Å². The van der Waals surface area contributed by atoms with Gasteiger partial charge >= 0.3 is 242 Å². The Hall–Kier alpha value is -3.86. The van der Waals surface area contributed by atoms with E-state index in [1.165, 1.54) is 153 Å². The average molecular weight is 1550 g/mol. The predicted molar refractivity (Wildman–Crippen MR) is 407 cm³/mol. The first kappa shape index (κ1) is 80.8. The fraction of sp³-hybridized carbons (Fsp3) is 0.286. The zero-order chi connectivity index (χ0) is 67.7. The fourth-order valence-electron chi connectivity index (χ4n) is 12.2. The van der Waals surface area contributed by atoms with Gasteiger partial charge in [0.1, 0.15) is 0 Å². The summed E-state index contributed by atoms with van der Waals surface area (Å²) in [6.07, 6.45) is 0. The fourth-order valence-corrected chi connectivity index (χ4v) is 20.3. The Balaban J connectivity index is 0.000000204. The van der Waals surface area contributed by atoms with Crippen LogP contribution in [0.2, 0.25) is 20.1 Å². The molecule has 0 N–H and O–H groups in total. The molecule has 0 aromatic heterocycles. The second kappa shape index (κ2) is 36.3. The van der Waals surface area contributed by atoms with E-state index in [9.17, 15) is 0 Å². The molecule has 0 nitrogen and oxygen atoms in total. The molecule has 12 aromatic carbocycles. The van der Waals surface area contributed by atoms with Gasteiger partial charge in [0.15, 0.2) is 0 Å². The van der Waals surface area contributed by atoms with Crippen LogP contribution in [0.4, 0.5) is 0 Å². The summed E-state index contributed by atoms with van der Waals surface area (Å²) in [4.78, 5) is 0. The maximum absolute atomic E-state index is 5.88. The van der Waals surface area contributed by atoms with E-state index < -0.39 is 10.9 Å². The van der Waals surface area contributed by atoms with Crippen LogP contribution < -0.4 is 45.6 Å². The third kappa shape index (κ3) is 19.7. The Kier molecular flexibility index (Phi) is 31.2. The number of hydrogen-bond acceptors (Lipinski definition) is 0. The third-order valence-electron chi connectivity index (χ3n) is 18.3. The number of rotatable bonds is 8. The standard InChI is InChI=1S/4C15H19.2C12H8Cl2Si.2ClH.2Zr/c4*1-9(2)13-7-6-10(3)14-8-11(4)12(5)15(13)14;2*13-9-1-5-11(6-2-9)15-12-7-3-10(14)4-8-12;;;;/h4*6-9H,1-5H3;2*1-8H;2*1H;;/q4*-1;;;;;2*+2/p-2. The van der Waals surface area contributed by atoms with E-state index >= 15 is 0 Å². The van der Waals surface area contributed by atoms with Crippen molar-refractivity contribution in [2.45, 2.75) is 162 Å². The number of hydrogen-bond donors (Lipinski definition) is 0. The van der Waals surface area contributed by atoms with Crippen molar-refractivity contribution in [3.05, 3.63) is 279 Å². The number of benzene rings is 8. The SMILES string of the molecule is Cc1[cH-]c2c(C)ccc(C(C)C)c2c1C.Cc1[cH-]c2c(C)ccc(C(C)C)c2c1C.Cc1[cH-]c2c(C)ccc(C(C)C)c2c1C.Cc1[cH-]c2c(C)ccc(C(C)C)c2c1C.Clc1ccc([Si](=[Zr+2])c2ccc(Cl)cc2)cc1.Clc1ccc([Si](=[Zr+2])c2ccc(Cl)cc2)cc1.[Cl-].[Cl-]. The van der Waals surface area contributed by atoms with Crippen molar-refractivity contribution in [2.75, 3.05) is 0 Å². The average Bonchev–Trinajstić information content (AvgIpc) is 1.65. The molecule has 488 valence electrons. The molecule has 94 heavy (non-hydrogen) atoms. The van der Waals surface area contributed by atoms with Crippen molar-refractivity contribution in [1.82, 2.24) is 0 Å². The minimum atomic E-state index is -0.605. The zero-order valence-electron chi connectivity index (χ0n) is 58.7. The molecule has 0 aliphatic rings. The molecule has 0 aliphatic carbocycles. The van der Waals surface area contributed by atoms with Gasteiger partial charge in [-0.3, -0.25) is 0 Å². The largest absolute Gasteiger partial charge is 1.00 e. The van der Waals surface area contributed by atoms with Crippen molar-refractivity contribution < 1.29 is 71.5 Å². The van der Waals surface area contributed by atoms with Crippen LogP contribution in [-0.4, -0.2) is 10.9 Å². The first-order valence-electron chi connectivity index (χ1n) is 32.3. The zero-order valence-corrected chi connectivity index (χ0v) is 70.2. The second-order valence-electron chi connectivity index (χ2n) is 26.2. The minimum Gasteiger partial charge on any atom is -1.00 e. The summed E-state index contributed by atoms with van der Waals surface area (Å²) in [5.74, 6) is 2.42. The maximum Gasteiger partial charge on any atom is -1.00 e. The third-order valence-corrected chi connectivity index (χ3v) is 31.5. The van der Waals surface area contributed by atoms with Crippen molar-refractivity contribution in [1.29, 1.82) is 0 Å². The van der Waals surface area contributed by atoms with Gasteiger partial charge in [-0.25, -0.2) is 0 Å². The second-order valence-corrected chi connectivity index (χ2v) is 39.2. The Morgan fingerprint density at radius 3 is 0.574 bits per heavy atom. The van der Waals surface area contributed by atoms with Crippen LogP contribution >= 0.6 is 46.4 Å².